The molecule has 0 aromatic heterocycles. The van der Waals surface area contributed by atoms with Gasteiger partial charge in [-0.25, -0.2) is 0 Å². The molecule has 6 heteroatoms. The fourth-order valence-corrected chi connectivity index (χ4v) is 3.98. The van der Waals surface area contributed by atoms with Crippen LogP contribution in [0.1, 0.15) is 38.2 Å². The molecule has 2 aromatic rings. The Morgan fingerprint density at radius 2 is 1.85 bits per heavy atom. The third-order valence-corrected chi connectivity index (χ3v) is 5.51. The molecule has 1 fully saturated rings. The van der Waals surface area contributed by atoms with Gasteiger partial charge in [-0.1, -0.05) is 47.2 Å². The van der Waals surface area contributed by atoms with Crippen molar-refractivity contribution < 1.29 is 14.4 Å². The predicted octanol–water partition coefficient (Wildman–Crippen LogP) is 3.44. The second-order valence-electron chi connectivity index (χ2n) is 6.91. The molecule has 0 bridgehead atoms. The van der Waals surface area contributed by atoms with Crippen molar-refractivity contribution in [2.24, 2.45) is 0 Å². The highest BCUT2D eigenvalue weighted by Gasteiger charge is 2.31. The van der Waals surface area contributed by atoms with Gasteiger partial charge in [-0.05, 0) is 56.0 Å². The van der Waals surface area contributed by atoms with Gasteiger partial charge in [0.05, 0.1) is 5.25 Å². The molecule has 2 N–H and O–H groups in total. The Hall–Kier alpha value is -2.60. The summed E-state index contributed by atoms with van der Waals surface area (Å²) < 4.78 is 0. The highest BCUT2D eigenvalue weighted by atomic mass is 32.2. The van der Waals surface area contributed by atoms with Gasteiger partial charge in [0.25, 0.3) is 11.1 Å². The average molecular weight is 382 g/mol. The molecule has 140 valence electrons. The Labute approximate surface area is 162 Å². The van der Waals surface area contributed by atoms with Crippen molar-refractivity contribution in [2.45, 2.75) is 39.0 Å². The lowest BCUT2D eigenvalue weighted by atomic mass is 10.0. The monoisotopic (exact) mass is 382 g/mol. The normalized spacial score (nSPS) is 16.3. The zero-order chi connectivity index (χ0) is 19.6. The second kappa shape index (κ2) is 7.96. The van der Waals surface area contributed by atoms with Gasteiger partial charge in [-0.2, -0.15) is 0 Å². The standard InChI is InChI=1S/C21H22N2O3S/c1-12-4-5-14(3)17(7-12)11-22-19(24)16-8-13(2)6-15(9-16)10-18-20(25)23-21(26)27-18/h4-9,18H,10-11H2,1-3H3,(H,22,24)(H,23,25,26). The zero-order valence-electron chi connectivity index (χ0n) is 15.6. The fraction of sp³-hybridized carbons (Fsp3) is 0.286. The van der Waals surface area contributed by atoms with E-state index in [4.69, 9.17) is 0 Å². The fourth-order valence-electron chi connectivity index (χ4n) is 3.12. The highest BCUT2D eigenvalue weighted by molar-refractivity contribution is 8.15. The Kier molecular flexibility index (Phi) is 5.65. The quantitative estimate of drug-likeness (QED) is 0.831. The van der Waals surface area contributed by atoms with Crippen molar-refractivity contribution in [1.29, 1.82) is 0 Å². The van der Waals surface area contributed by atoms with Crippen molar-refractivity contribution in [3.05, 3.63) is 69.8 Å². The molecular formula is C21H22N2O3S. The number of amides is 3. The van der Waals surface area contributed by atoms with E-state index in [1.54, 1.807) is 6.07 Å². The third-order valence-electron chi connectivity index (χ3n) is 4.53. The number of thioether (sulfide) groups is 1. The molecule has 0 aliphatic carbocycles. The smallest absolute Gasteiger partial charge is 0.286 e. The van der Waals surface area contributed by atoms with E-state index in [-0.39, 0.29) is 17.1 Å². The molecule has 0 saturated carbocycles. The van der Waals surface area contributed by atoms with Crippen molar-refractivity contribution >= 4 is 28.8 Å². The third kappa shape index (κ3) is 4.77. The Balaban J connectivity index is 1.71. The van der Waals surface area contributed by atoms with Gasteiger partial charge in [-0.3, -0.25) is 19.7 Å². The van der Waals surface area contributed by atoms with Crippen molar-refractivity contribution in [3.8, 4) is 0 Å². The first-order valence-electron chi connectivity index (χ1n) is 8.78. The summed E-state index contributed by atoms with van der Waals surface area (Å²) in [7, 11) is 0. The number of hydrogen-bond acceptors (Lipinski definition) is 4. The summed E-state index contributed by atoms with van der Waals surface area (Å²) in [5.74, 6) is -0.423. The Morgan fingerprint density at radius 1 is 1.07 bits per heavy atom. The van der Waals surface area contributed by atoms with Crippen LogP contribution in [0.3, 0.4) is 0 Å². The molecule has 3 amide bonds. The van der Waals surface area contributed by atoms with Crippen LogP contribution in [-0.4, -0.2) is 22.3 Å². The van der Waals surface area contributed by atoms with Crippen LogP contribution in [0.4, 0.5) is 4.79 Å². The number of nitrogens with one attached hydrogen (secondary N) is 2. The number of imide groups is 1. The first-order chi connectivity index (χ1) is 12.8. The van der Waals surface area contributed by atoms with Gasteiger partial charge < -0.3 is 5.32 Å². The second-order valence-corrected chi connectivity index (χ2v) is 8.08. The topological polar surface area (TPSA) is 75.3 Å². The number of rotatable bonds is 5. The van der Waals surface area contributed by atoms with Gasteiger partial charge in [0.15, 0.2) is 0 Å². The molecule has 1 atom stereocenters. The van der Waals surface area contributed by atoms with E-state index in [0.717, 1.165) is 39.6 Å². The summed E-state index contributed by atoms with van der Waals surface area (Å²) in [5.41, 5.74) is 5.76. The van der Waals surface area contributed by atoms with Crippen LogP contribution >= 0.6 is 11.8 Å². The minimum Gasteiger partial charge on any atom is -0.348 e. The number of hydrogen-bond donors (Lipinski definition) is 2. The number of carbonyl (C=O) groups is 3. The lowest BCUT2D eigenvalue weighted by molar-refractivity contribution is -0.118. The summed E-state index contributed by atoms with van der Waals surface area (Å²) in [6, 6.07) is 11.7. The molecule has 2 aromatic carbocycles. The molecule has 1 aliphatic heterocycles. The molecule has 27 heavy (non-hydrogen) atoms. The van der Waals surface area contributed by atoms with E-state index in [1.807, 2.05) is 39.0 Å². The van der Waals surface area contributed by atoms with Crippen molar-refractivity contribution in [1.82, 2.24) is 10.6 Å². The Bertz CT molecular complexity index is 924. The van der Waals surface area contributed by atoms with Gasteiger partial charge in [-0.15, -0.1) is 0 Å². The number of benzene rings is 2. The lowest BCUT2D eigenvalue weighted by Crippen LogP contribution is -2.26. The molecule has 1 aliphatic rings. The van der Waals surface area contributed by atoms with Crippen LogP contribution < -0.4 is 10.6 Å². The maximum atomic E-state index is 12.6. The van der Waals surface area contributed by atoms with Crippen LogP contribution in [0, 0.1) is 20.8 Å². The molecule has 0 spiro atoms. The SMILES string of the molecule is Cc1cc(CC2SC(=O)NC2=O)cc(C(=O)NCc2cc(C)ccc2C)c1. The number of aryl methyl sites for hydroxylation is 3. The molecule has 1 saturated heterocycles. The van der Waals surface area contributed by atoms with E-state index in [2.05, 4.69) is 22.8 Å². The van der Waals surface area contributed by atoms with Gasteiger partial charge in [0.2, 0.25) is 5.91 Å². The van der Waals surface area contributed by atoms with Crippen LogP contribution in [0.15, 0.2) is 36.4 Å². The summed E-state index contributed by atoms with van der Waals surface area (Å²) in [4.78, 5) is 35.7. The minimum atomic E-state index is -0.440. The van der Waals surface area contributed by atoms with Crippen LogP contribution in [0.2, 0.25) is 0 Å². The van der Waals surface area contributed by atoms with E-state index >= 15 is 0 Å². The van der Waals surface area contributed by atoms with E-state index in [1.165, 1.54) is 0 Å². The molecule has 5 nitrogen and oxygen atoms in total. The van der Waals surface area contributed by atoms with Crippen molar-refractivity contribution in [2.75, 3.05) is 0 Å². The zero-order valence-corrected chi connectivity index (χ0v) is 16.4. The highest BCUT2D eigenvalue weighted by Crippen LogP contribution is 2.24. The van der Waals surface area contributed by atoms with E-state index in [0.29, 0.717) is 18.5 Å². The largest absolute Gasteiger partial charge is 0.348 e. The summed E-state index contributed by atoms with van der Waals surface area (Å²) >= 11 is 0.999. The molecule has 1 unspecified atom stereocenters. The summed E-state index contributed by atoms with van der Waals surface area (Å²) in [5, 5.41) is 4.51. The van der Waals surface area contributed by atoms with Gasteiger partial charge in [0, 0.05) is 12.1 Å². The average Bonchev–Trinajstić information content (AvgIpc) is 2.92. The number of carbonyl (C=O) groups excluding carboxylic acids is 3. The van der Waals surface area contributed by atoms with Crippen LogP contribution in [0.25, 0.3) is 0 Å². The van der Waals surface area contributed by atoms with E-state index in [9.17, 15) is 14.4 Å². The first kappa shape index (κ1) is 19.2. The van der Waals surface area contributed by atoms with Gasteiger partial charge >= 0.3 is 0 Å². The molecule has 3 rings (SSSR count). The Morgan fingerprint density at radius 3 is 2.56 bits per heavy atom. The predicted molar refractivity (Wildman–Crippen MR) is 107 cm³/mol. The first-order valence-corrected chi connectivity index (χ1v) is 9.66. The summed E-state index contributed by atoms with van der Waals surface area (Å²) in [6.45, 7) is 6.43. The van der Waals surface area contributed by atoms with E-state index < -0.39 is 5.25 Å². The molecule has 1 heterocycles. The lowest BCUT2D eigenvalue weighted by Gasteiger charge is -2.12. The maximum Gasteiger partial charge on any atom is 0.286 e. The van der Waals surface area contributed by atoms with Crippen LogP contribution in [0.5, 0.6) is 0 Å². The van der Waals surface area contributed by atoms with Gasteiger partial charge in [0.1, 0.15) is 0 Å². The summed E-state index contributed by atoms with van der Waals surface area (Å²) in [6.07, 6.45) is 0.418. The van der Waals surface area contributed by atoms with Crippen molar-refractivity contribution in [3.63, 3.8) is 0 Å². The molecule has 0 radical (unpaired) electrons. The molecular weight excluding hydrogens is 360 g/mol. The van der Waals surface area contributed by atoms with Crippen LogP contribution in [-0.2, 0) is 17.8 Å². The minimum absolute atomic E-state index is 0.152. The maximum absolute atomic E-state index is 12.6.